The van der Waals surface area contributed by atoms with Crippen LogP contribution in [0.2, 0.25) is 0 Å². The van der Waals surface area contributed by atoms with Crippen molar-refractivity contribution in [2.75, 3.05) is 11.9 Å². The van der Waals surface area contributed by atoms with Crippen LogP contribution in [0.15, 0.2) is 29.6 Å². The summed E-state index contributed by atoms with van der Waals surface area (Å²) in [5.41, 5.74) is 2.77. The van der Waals surface area contributed by atoms with Crippen LogP contribution >= 0.6 is 0 Å². The van der Waals surface area contributed by atoms with Crippen LogP contribution in [-0.2, 0) is 6.42 Å². The molecule has 1 aromatic carbocycles. The minimum absolute atomic E-state index is 0. The number of rotatable bonds is 0. The molecule has 1 aromatic rings. The van der Waals surface area contributed by atoms with Gasteiger partial charge in [-0.25, -0.2) is 0 Å². The number of hydrogen-bond donors (Lipinski definition) is 1. The van der Waals surface area contributed by atoms with E-state index in [2.05, 4.69) is 29.6 Å². The Morgan fingerprint density at radius 1 is 1.38 bits per heavy atom. The van der Waals surface area contributed by atoms with Crippen molar-refractivity contribution in [3.63, 3.8) is 0 Å². The molecule has 0 spiro atoms. The fourth-order valence-corrected chi connectivity index (χ4v) is 1.24. The molecule has 0 bridgehead atoms. The van der Waals surface area contributed by atoms with Crippen molar-refractivity contribution < 1.29 is 29.6 Å². The molecule has 64 valence electrons. The second-order valence-corrected chi connectivity index (χ2v) is 2.41. The number of fused-ring (bicyclic) bond motifs is 1. The molecule has 2 rings (SSSR count). The summed E-state index contributed by atoms with van der Waals surface area (Å²) in [7, 11) is 0. The fourth-order valence-electron chi connectivity index (χ4n) is 1.24. The van der Waals surface area contributed by atoms with Crippen LogP contribution in [0.25, 0.3) is 0 Å². The predicted octanol–water partition coefficient (Wildman–Crippen LogP) is -1.09. The number of para-hydroxylation sites is 1. The summed E-state index contributed by atoms with van der Waals surface area (Å²) in [5, 5.41) is 12.3. The van der Waals surface area contributed by atoms with Crippen molar-refractivity contribution >= 4 is 5.69 Å². The van der Waals surface area contributed by atoms with E-state index in [1.807, 2.05) is 0 Å². The van der Waals surface area contributed by atoms with Crippen molar-refractivity contribution in [3.8, 4) is 0 Å². The van der Waals surface area contributed by atoms with Crippen molar-refractivity contribution in [2.45, 2.75) is 6.42 Å². The van der Waals surface area contributed by atoms with E-state index in [1.54, 1.807) is 0 Å². The average molecular weight is 188 g/mol. The van der Waals surface area contributed by atoms with Gasteiger partial charge in [-0.05, 0) is 18.1 Å². The number of hydrogen-bond acceptors (Lipinski definition) is 4. The smallest absolute Gasteiger partial charge is 0.444 e. The van der Waals surface area contributed by atoms with E-state index in [0.29, 0.717) is 0 Å². The van der Waals surface area contributed by atoms with Crippen LogP contribution in [0.3, 0.4) is 0 Å². The molecule has 4 nitrogen and oxygen atoms in total. The summed E-state index contributed by atoms with van der Waals surface area (Å²) in [5.74, 6) is 0. The summed E-state index contributed by atoms with van der Waals surface area (Å²) < 4.78 is 0. The third-order valence-electron chi connectivity index (χ3n) is 1.73. The Bertz CT molecular complexity index is 245. The molecule has 0 aromatic heterocycles. The molecule has 0 saturated heterocycles. The zero-order chi connectivity index (χ0) is 8.81. The monoisotopic (exact) mass is 188 g/mol. The number of nitrogens with one attached hydrogen (secondary N) is 1. The molecule has 1 aliphatic heterocycles. The molecule has 5 heteroatoms. The van der Waals surface area contributed by atoms with E-state index in [4.69, 9.17) is 10.1 Å². The molecular weight excluding hydrogens is 179 g/mol. The molecule has 1 heterocycles. The normalized spacial score (nSPS) is 11.1. The first kappa shape index (κ1) is 12.4. The Labute approximate surface area is 98.6 Å². The molecule has 1 N–H and O–H groups in total. The second kappa shape index (κ2) is 6.88. The van der Waals surface area contributed by atoms with Gasteiger partial charge in [0.25, 0.3) is 0 Å². The molecule has 0 unspecified atom stereocenters. The average Bonchev–Trinajstić information content (AvgIpc) is 2.52. The van der Waals surface area contributed by atoms with Gasteiger partial charge >= 0.3 is 29.6 Å². The number of benzene rings is 1. The summed E-state index contributed by atoms with van der Waals surface area (Å²) in [6.45, 7) is 1.11. The fraction of sp³-hybridized carbons (Fsp3) is 0.250. The first-order valence-corrected chi connectivity index (χ1v) is 3.65. The van der Waals surface area contributed by atoms with Gasteiger partial charge < -0.3 is 15.4 Å². The van der Waals surface area contributed by atoms with Gasteiger partial charge in [-0.2, -0.15) is 0 Å². The quantitative estimate of drug-likeness (QED) is 0.319. The molecule has 13 heavy (non-hydrogen) atoms. The van der Waals surface area contributed by atoms with Crippen LogP contribution < -0.4 is 34.9 Å². The van der Waals surface area contributed by atoms with Gasteiger partial charge in [0.05, 0.1) is 0 Å². The van der Waals surface area contributed by atoms with E-state index in [1.165, 1.54) is 17.7 Å². The first-order valence-electron chi connectivity index (χ1n) is 3.65. The van der Waals surface area contributed by atoms with Crippen LogP contribution in [0.5, 0.6) is 0 Å². The minimum atomic E-state index is 0. The van der Waals surface area contributed by atoms with Gasteiger partial charge in [-0.1, -0.05) is 18.2 Å². The van der Waals surface area contributed by atoms with Gasteiger partial charge in [-0.15, -0.1) is 5.34 Å². The van der Waals surface area contributed by atoms with E-state index >= 15 is 0 Å². The maximum atomic E-state index is 8.00. The molecule has 0 fully saturated rings. The predicted molar refractivity (Wildman–Crippen MR) is 47.8 cm³/mol. The zero-order valence-electron chi connectivity index (χ0n) is 7.49. The van der Waals surface area contributed by atoms with E-state index in [9.17, 15) is 0 Å². The Morgan fingerprint density at radius 2 is 2.00 bits per heavy atom. The molecule has 1 aliphatic rings. The molecule has 0 amide bonds. The first-order chi connectivity index (χ1) is 5.88. The number of nitrogens with zero attached hydrogens (tertiary/aromatic N) is 1. The van der Waals surface area contributed by atoms with E-state index < -0.39 is 0 Å². The van der Waals surface area contributed by atoms with Crippen molar-refractivity contribution in [1.82, 2.24) is 0 Å². The molecule has 0 saturated carbocycles. The largest absolute Gasteiger partial charge is 1.00 e. The van der Waals surface area contributed by atoms with E-state index in [-0.39, 0.29) is 29.6 Å². The van der Waals surface area contributed by atoms with E-state index in [0.717, 1.165) is 11.9 Å². The van der Waals surface area contributed by atoms with Crippen LogP contribution in [0, 0.1) is 10.1 Å². The summed E-state index contributed by atoms with van der Waals surface area (Å²) in [6, 6.07) is 8.46. The number of anilines is 1. The maximum absolute atomic E-state index is 8.00. The van der Waals surface area contributed by atoms with Crippen LogP contribution in [0.4, 0.5) is 5.69 Å². The Morgan fingerprint density at radius 3 is 2.62 bits per heavy atom. The van der Waals surface area contributed by atoms with Crippen LogP contribution in [-0.4, -0.2) is 6.54 Å². The molecule has 0 aliphatic carbocycles. The van der Waals surface area contributed by atoms with Crippen molar-refractivity contribution in [1.29, 1.82) is 0 Å². The Hall–Kier alpha value is -0.580. The zero-order valence-corrected chi connectivity index (χ0v) is 9.49. The van der Waals surface area contributed by atoms with Gasteiger partial charge in [0, 0.05) is 12.2 Å². The maximum Gasteiger partial charge on any atom is 1.00 e. The van der Waals surface area contributed by atoms with Crippen molar-refractivity contribution in [2.24, 2.45) is 5.34 Å². The molecular formula is C8H9N2NaO2. The summed E-state index contributed by atoms with van der Waals surface area (Å²) in [6.07, 6.45) is 1.19. The molecule has 0 atom stereocenters. The summed E-state index contributed by atoms with van der Waals surface area (Å²) in [4.78, 5) is 8.00. The van der Waals surface area contributed by atoms with Gasteiger partial charge in [-0.3, -0.25) is 0 Å². The molecule has 0 radical (unpaired) electrons. The van der Waals surface area contributed by atoms with Crippen LogP contribution in [0.1, 0.15) is 5.56 Å². The third-order valence-corrected chi connectivity index (χ3v) is 1.73. The topological polar surface area (TPSA) is 64.5 Å². The Kier molecular flexibility index (Phi) is 6.58. The van der Waals surface area contributed by atoms with Crippen molar-refractivity contribution in [3.05, 3.63) is 39.9 Å². The standard InChI is InChI=1S/C8H9N.HNO2.Na/c1-2-4-8-7(3-1)5-6-9-8;2-1-3;/h1-4,9H,5-6H2;(H,2,3);/q;;+1/p-1. The summed E-state index contributed by atoms with van der Waals surface area (Å²) >= 11 is 0. The van der Waals surface area contributed by atoms with Gasteiger partial charge in [0.15, 0.2) is 0 Å². The van der Waals surface area contributed by atoms with Gasteiger partial charge in [0.2, 0.25) is 0 Å². The van der Waals surface area contributed by atoms with Gasteiger partial charge in [0.1, 0.15) is 0 Å². The Balaban J connectivity index is 0.000000324. The SMILES string of the molecule is O=N[O-].[Na+].c1ccc2c(c1)CCN2. The second-order valence-electron chi connectivity index (χ2n) is 2.41. The minimum Gasteiger partial charge on any atom is -0.444 e. The third kappa shape index (κ3) is 3.76.